The van der Waals surface area contributed by atoms with E-state index in [9.17, 15) is 14.4 Å². The van der Waals surface area contributed by atoms with Gasteiger partial charge >= 0.3 is 12.2 Å². The Morgan fingerprint density at radius 3 is 2.23 bits per heavy atom. The summed E-state index contributed by atoms with van der Waals surface area (Å²) in [6.45, 7) is 20.2. The summed E-state index contributed by atoms with van der Waals surface area (Å²) in [5.41, 5.74) is 2.93. The first-order chi connectivity index (χ1) is 22.2. The molecule has 2 aromatic heterocycles. The van der Waals surface area contributed by atoms with E-state index >= 15 is 0 Å². The molecule has 12 nitrogen and oxygen atoms in total. The molecule has 0 aliphatic carbocycles. The number of ether oxygens (including phenoxy) is 2. The summed E-state index contributed by atoms with van der Waals surface area (Å²) in [4.78, 5) is 49.4. The quantitative estimate of drug-likeness (QED) is 0.280. The third-order valence-electron chi connectivity index (χ3n) is 8.01. The van der Waals surface area contributed by atoms with E-state index in [2.05, 4.69) is 26.3 Å². The van der Waals surface area contributed by atoms with E-state index < -0.39 is 23.2 Å². The van der Waals surface area contributed by atoms with Gasteiger partial charge in [-0.25, -0.2) is 19.2 Å². The molecule has 1 atom stereocenters. The third kappa shape index (κ3) is 9.11. The lowest BCUT2D eigenvalue weighted by atomic mass is 9.97. The molecule has 0 bridgehead atoms. The molecule has 3 amide bonds. The van der Waals surface area contributed by atoms with Crippen molar-refractivity contribution in [3.05, 3.63) is 59.7 Å². The Morgan fingerprint density at radius 2 is 1.62 bits per heavy atom. The molecule has 0 unspecified atom stereocenters. The van der Waals surface area contributed by atoms with Crippen LogP contribution in [0, 0.1) is 6.92 Å². The number of carbonyl (C=O) groups is 3. The van der Waals surface area contributed by atoms with Crippen molar-refractivity contribution in [1.29, 1.82) is 0 Å². The summed E-state index contributed by atoms with van der Waals surface area (Å²) in [6.07, 6.45) is 5.90. The summed E-state index contributed by atoms with van der Waals surface area (Å²) in [5.74, 6) is -0.587. The van der Waals surface area contributed by atoms with Gasteiger partial charge in [0.2, 0.25) is 0 Å². The first kappa shape index (κ1) is 36.4. The van der Waals surface area contributed by atoms with Gasteiger partial charge in [-0.1, -0.05) is 23.4 Å². The minimum Gasteiger partial charge on any atom is -0.444 e. The van der Waals surface area contributed by atoms with Crippen LogP contribution in [0.3, 0.4) is 0 Å². The Kier molecular flexibility index (Phi) is 10.6. The zero-order valence-electron chi connectivity index (χ0n) is 30.3. The lowest BCUT2D eigenvalue weighted by Crippen LogP contribution is -2.50. The molecule has 12 heteroatoms. The van der Waals surface area contributed by atoms with Crippen LogP contribution in [0.4, 0.5) is 15.3 Å². The standard InChI is InChI=1S/C36H51N7O5/c1-24-19-25(28-16-17-37-20-30(28)41-18-12-13-27(22-41)40(11)32(45)47-35(5,6)7)14-15-26(24)21-42(33(46)48-36(8,9)10)31(44)29-23-43(39-38-29)34(2,3)4/h14-17,19-20,23,27H,12-13,18,21-22H2,1-11H3/t27-/m0/s1. The lowest BCUT2D eigenvalue weighted by Gasteiger charge is -2.39. The van der Waals surface area contributed by atoms with E-state index in [1.807, 2.05) is 72.9 Å². The van der Waals surface area contributed by atoms with E-state index in [-0.39, 0.29) is 29.9 Å². The number of rotatable bonds is 6. The predicted molar refractivity (Wildman–Crippen MR) is 185 cm³/mol. The zero-order chi connectivity index (χ0) is 35.6. The van der Waals surface area contributed by atoms with Crippen molar-refractivity contribution in [2.24, 2.45) is 0 Å². The highest BCUT2D eigenvalue weighted by atomic mass is 16.6. The van der Waals surface area contributed by atoms with Gasteiger partial charge in [-0.3, -0.25) is 9.78 Å². The van der Waals surface area contributed by atoms with Crippen LogP contribution in [0.2, 0.25) is 0 Å². The first-order valence-electron chi connectivity index (χ1n) is 16.5. The van der Waals surface area contributed by atoms with Gasteiger partial charge in [0.15, 0.2) is 5.69 Å². The van der Waals surface area contributed by atoms with Crippen molar-refractivity contribution in [2.75, 3.05) is 25.0 Å². The Hall–Kier alpha value is -4.48. The molecule has 3 aromatic rings. The fourth-order valence-corrected chi connectivity index (χ4v) is 5.43. The number of imide groups is 1. The van der Waals surface area contributed by atoms with Crippen LogP contribution in [-0.2, 0) is 21.6 Å². The molecule has 3 heterocycles. The zero-order valence-corrected chi connectivity index (χ0v) is 30.3. The van der Waals surface area contributed by atoms with Crippen molar-refractivity contribution >= 4 is 23.8 Å². The van der Waals surface area contributed by atoms with Crippen molar-refractivity contribution < 1.29 is 23.9 Å². The molecule has 260 valence electrons. The van der Waals surface area contributed by atoms with Crippen LogP contribution < -0.4 is 4.90 Å². The number of aromatic nitrogens is 4. The second kappa shape index (κ2) is 13.9. The van der Waals surface area contributed by atoms with Gasteiger partial charge in [0.25, 0.3) is 5.91 Å². The number of piperidine rings is 1. The second-order valence-corrected chi connectivity index (χ2v) is 15.5. The number of anilines is 1. The van der Waals surface area contributed by atoms with E-state index in [0.29, 0.717) is 6.54 Å². The van der Waals surface area contributed by atoms with Gasteiger partial charge in [-0.05, 0) is 105 Å². The first-order valence-corrected chi connectivity index (χ1v) is 16.5. The fraction of sp³-hybridized carbons (Fsp3) is 0.556. The van der Waals surface area contributed by atoms with E-state index in [0.717, 1.165) is 52.2 Å². The molecule has 0 N–H and O–H groups in total. The summed E-state index contributed by atoms with van der Waals surface area (Å²) < 4.78 is 12.9. The van der Waals surface area contributed by atoms with Crippen LogP contribution in [0.15, 0.2) is 42.9 Å². The van der Waals surface area contributed by atoms with Gasteiger partial charge in [0.1, 0.15) is 11.2 Å². The molecule has 1 saturated heterocycles. The van der Waals surface area contributed by atoms with Gasteiger partial charge in [0, 0.05) is 31.9 Å². The Labute approximate surface area is 284 Å². The molecule has 4 rings (SSSR count). The number of carbonyl (C=O) groups excluding carboxylic acids is 3. The summed E-state index contributed by atoms with van der Waals surface area (Å²) in [6, 6.07) is 7.95. The molecular weight excluding hydrogens is 610 g/mol. The summed E-state index contributed by atoms with van der Waals surface area (Å²) in [5, 5.41) is 8.18. The molecule has 1 aliphatic rings. The molecule has 1 aromatic carbocycles. The minimum atomic E-state index is -0.801. The molecule has 48 heavy (non-hydrogen) atoms. The number of amides is 3. The highest BCUT2D eigenvalue weighted by molar-refractivity contribution is 6.01. The van der Waals surface area contributed by atoms with E-state index in [4.69, 9.17) is 9.47 Å². The smallest absolute Gasteiger partial charge is 0.417 e. The average molecular weight is 662 g/mol. The topological polar surface area (TPSA) is 123 Å². The number of benzene rings is 1. The summed E-state index contributed by atoms with van der Waals surface area (Å²) in [7, 11) is 1.80. The van der Waals surface area contributed by atoms with Crippen LogP contribution in [0.1, 0.15) is 96.8 Å². The van der Waals surface area contributed by atoms with E-state index in [1.165, 1.54) is 0 Å². The SMILES string of the molecule is Cc1cc(-c2ccncc2N2CCC[C@H](N(C)C(=O)OC(C)(C)C)C2)ccc1CN(C(=O)OC(C)(C)C)C(=O)c1cn(C(C)(C)C)nn1. The monoisotopic (exact) mass is 661 g/mol. The van der Waals surface area contributed by atoms with E-state index in [1.54, 1.807) is 49.8 Å². The van der Waals surface area contributed by atoms with Gasteiger partial charge in [0.05, 0.1) is 36.2 Å². The Bertz CT molecular complexity index is 1630. The molecule has 0 saturated carbocycles. The highest BCUT2D eigenvalue weighted by Gasteiger charge is 2.32. The number of hydrogen-bond donors (Lipinski definition) is 0. The Balaban J connectivity index is 1.59. The maximum atomic E-state index is 13.7. The Morgan fingerprint density at radius 1 is 0.958 bits per heavy atom. The molecular formula is C36H51N7O5. The molecule has 1 aliphatic heterocycles. The number of hydrogen-bond acceptors (Lipinski definition) is 9. The normalized spacial score (nSPS) is 15.6. The maximum absolute atomic E-state index is 13.7. The van der Waals surface area contributed by atoms with Crippen molar-refractivity contribution in [1.82, 2.24) is 29.8 Å². The van der Waals surface area contributed by atoms with Crippen molar-refractivity contribution in [3.63, 3.8) is 0 Å². The van der Waals surface area contributed by atoms with Crippen LogP contribution in [-0.4, -0.2) is 85.3 Å². The number of aryl methyl sites for hydroxylation is 1. The lowest BCUT2D eigenvalue weighted by molar-refractivity contribution is 0.0202. The average Bonchev–Trinajstić information content (AvgIpc) is 3.50. The van der Waals surface area contributed by atoms with Crippen LogP contribution in [0.5, 0.6) is 0 Å². The number of pyridine rings is 1. The highest BCUT2D eigenvalue weighted by Crippen LogP contribution is 2.34. The third-order valence-corrected chi connectivity index (χ3v) is 8.01. The fourth-order valence-electron chi connectivity index (χ4n) is 5.43. The molecule has 1 fully saturated rings. The number of likely N-dealkylation sites (N-methyl/N-ethyl adjacent to an activating group) is 1. The summed E-state index contributed by atoms with van der Waals surface area (Å²) >= 11 is 0. The van der Waals surface area contributed by atoms with Gasteiger partial charge < -0.3 is 19.3 Å². The van der Waals surface area contributed by atoms with Crippen molar-refractivity contribution in [2.45, 2.75) is 111 Å². The largest absolute Gasteiger partial charge is 0.444 e. The minimum absolute atomic E-state index is 0.00372. The van der Waals surface area contributed by atoms with Crippen molar-refractivity contribution in [3.8, 4) is 11.1 Å². The molecule has 0 radical (unpaired) electrons. The molecule has 0 spiro atoms. The number of nitrogens with zero attached hydrogens (tertiary/aromatic N) is 7. The second-order valence-electron chi connectivity index (χ2n) is 15.5. The maximum Gasteiger partial charge on any atom is 0.417 e. The van der Waals surface area contributed by atoms with Gasteiger partial charge in [-0.15, -0.1) is 5.10 Å². The van der Waals surface area contributed by atoms with Crippen LogP contribution >= 0.6 is 0 Å². The predicted octanol–water partition coefficient (Wildman–Crippen LogP) is 6.82. The van der Waals surface area contributed by atoms with Crippen LogP contribution in [0.25, 0.3) is 11.1 Å². The van der Waals surface area contributed by atoms with Gasteiger partial charge in [-0.2, -0.15) is 0 Å².